The minimum absolute atomic E-state index is 0.315. The molecule has 6 heteroatoms. The number of aromatic nitrogens is 3. The molecular formula is C15H17Cl2N3S. The van der Waals surface area contributed by atoms with E-state index in [-0.39, 0.29) is 0 Å². The van der Waals surface area contributed by atoms with E-state index in [2.05, 4.69) is 35.2 Å². The molecule has 0 saturated carbocycles. The molecule has 1 aromatic carbocycles. The third-order valence-corrected chi connectivity index (χ3v) is 4.68. The summed E-state index contributed by atoms with van der Waals surface area (Å²) < 4.78 is 2.08. The van der Waals surface area contributed by atoms with Crippen molar-refractivity contribution in [1.82, 2.24) is 14.8 Å². The van der Waals surface area contributed by atoms with Crippen molar-refractivity contribution in [2.45, 2.75) is 37.2 Å². The maximum absolute atomic E-state index is 6.20. The van der Waals surface area contributed by atoms with Crippen LogP contribution in [0.5, 0.6) is 0 Å². The molecule has 0 aliphatic heterocycles. The fraction of sp³-hybridized carbons (Fsp3) is 0.333. The highest BCUT2D eigenvalue weighted by atomic mass is 35.5. The van der Waals surface area contributed by atoms with Crippen LogP contribution in [0.2, 0.25) is 10.0 Å². The summed E-state index contributed by atoms with van der Waals surface area (Å²) in [5.41, 5.74) is 0.921. The second-order valence-corrected chi connectivity index (χ2v) is 6.64. The van der Waals surface area contributed by atoms with E-state index >= 15 is 0 Å². The quantitative estimate of drug-likeness (QED) is 0.535. The Hall–Kier alpha value is -0.970. The second kappa shape index (κ2) is 7.34. The Morgan fingerprint density at radius 1 is 1.29 bits per heavy atom. The van der Waals surface area contributed by atoms with Crippen molar-refractivity contribution < 1.29 is 0 Å². The lowest BCUT2D eigenvalue weighted by atomic mass is 10.2. The van der Waals surface area contributed by atoms with E-state index in [9.17, 15) is 0 Å². The highest BCUT2D eigenvalue weighted by molar-refractivity contribution is 7.98. The highest BCUT2D eigenvalue weighted by Gasteiger charge is 2.15. The fourth-order valence-electron chi connectivity index (χ4n) is 1.94. The van der Waals surface area contributed by atoms with Gasteiger partial charge in [0.15, 0.2) is 5.16 Å². The van der Waals surface area contributed by atoms with Crippen molar-refractivity contribution >= 4 is 35.0 Å². The molecule has 112 valence electrons. The third kappa shape index (κ3) is 3.82. The van der Waals surface area contributed by atoms with Crippen LogP contribution in [-0.2, 0) is 12.3 Å². The molecule has 0 amide bonds. The summed E-state index contributed by atoms with van der Waals surface area (Å²) in [6, 6.07) is 5.53. The zero-order valence-electron chi connectivity index (χ0n) is 12.0. The number of allylic oxidation sites excluding steroid dienone is 1. The number of hydrogen-bond acceptors (Lipinski definition) is 3. The summed E-state index contributed by atoms with van der Waals surface area (Å²) in [6.07, 6.45) is 1.85. The van der Waals surface area contributed by atoms with Crippen molar-refractivity contribution in [2.24, 2.45) is 0 Å². The van der Waals surface area contributed by atoms with Crippen LogP contribution in [0.3, 0.4) is 0 Å². The zero-order valence-corrected chi connectivity index (χ0v) is 14.3. The number of benzene rings is 1. The predicted octanol–water partition coefficient (Wildman–Crippen LogP) is 5.19. The van der Waals surface area contributed by atoms with Gasteiger partial charge in [-0.05, 0) is 17.7 Å². The van der Waals surface area contributed by atoms with Gasteiger partial charge in [0.25, 0.3) is 0 Å². The van der Waals surface area contributed by atoms with Crippen molar-refractivity contribution in [3.05, 3.63) is 52.3 Å². The Labute approximate surface area is 139 Å². The monoisotopic (exact) mass is 341 g/mol. The summed E-state index contributed by atoms with van der Waals surface area (Å²) in [4.78, 5) is 0. The highest BCUT2D eigenvalue weighted by Crippen LogP contribution is 2.31. The van der Waals surface area contributed by atoms with Gasteiger partial charge in [-0.25, -0.2) is 0 Å². The van der Waals surface area contributed by atoms with Gasteiger partial charge in [0.1, 0.15) is 5.82 Å². The van der Waals surface area contributed by atoms with Crippen LogP contribution in [0.25, 0.3) is 0 Å². The first-order valence-electron chi connectivity index (χ1n) is 6.64. The van der Waals surface area contributed by atoms with Crippen LogP contribution in [-0.4, -0.2) is 14.8 Å². The molecule has 21 heavy (non-hydrogen) atoms. The van der Waals surface area contributed by atoms with Crippen LogP contribution in [0.15, 0.2) is 36.0 Å². The lowest BCUT2D eigenvalue weighted by Gasteiger charge is -2.10. The van der Waals surface area contributed by atoms with Crippen LogP contribution in [0.1, 0.15) is 31.2 Å². The number of nitrogens with zero attached hydrogens (tertiary/aromatic N) is 3. The average molecular weight is 342 g/mol. The van der Waals surface area contributed by atoms with Gasteiger partial charge in [-0.2, -0.15) is 0 Å². The maximum atomic E-state index is 6.20. The van der Waals surface area contributed by atoms with Crippen molar-refractivity contribution in [3.63, 3.8) is 0 Å². The van der Waals surface area contributed by atoms with Crippen LogP contribution in [0.4, 0.5) is 0 Å². The molecule has 0 bridgehead atoms. The first-order chi connectivity index (χ1) is 10.0. The summed E-state index contributed by atoms with van der Waals surface area (Å²) in [5, 5.41) is 10.7. The molecule has 2 aromatic rings. The molecular weight excluding hydrogens is 325 g/mol. The summed E-state index contributed by atoms with van der Waals surface area (Å²) in [6.45, 7) is 8.69. The zero-order chi connectivity index (χ0) is 15.4. The Morgan fingerprint density at radius 3 is 2.52 bits per heavy atom. The molecule has 0 aliphatic carbocycles. The van der Waals surface area contributed by atoms with Crippen LogP contribution in [0, 0.1) is 0 Å². The Kier molecular flexibility index (Phi) is 5.73. The average Bonchev–Trinajstić information content (AvgIpc) is 2.82. The van der Waals surface area contributed by atoms with Gasteiger partial charge >= 0.3 is 0 Å². The SMILES string of the molecule is C=CCn1c(SCc2c(Cl)cccc2Cl)nnc1C(C)C. The smallest absolute Gasteiger partial charge is 0.191 e. The minimum Gasteiger partial charge on any atom is -0.302 e. The molecule has 0 saturated heterocycles. The molecule has 0 spiro atoms. The molecule has 0 N–H and O–H groups in total. The summed E-state index contributed by atoms with van der Waals surface area (Å²) in [7, 11) is 0. The fourth-order valence-corrected chi connectivity index (χ4v) is 3.64. The van der Waals surface area contributed by atoms with Gasteiger partial charge in [-0.3, -0.25) is 0 Å². The van der Waals surface area contributed by atoms with Gasteiger partial charge < -0.3 is 4.57 Å². The first-order valence-corrected chi connectivity index (χ1v) is 8.38. The van der Waals surface area contributed by atoms with Crippen molar-refractivity contribution in [2.75, 3.05) is 0 Å². The van der Waals surface area contributed by atoms with E-state index in [0.29, 0.717) is 28.3 Å². The van der Waals surface area contributed by atoms with Crippen molar-refractivity contribution in [1.29, 1.82) is 0 Å². The van der Waals surface area contributed by atoms with E-state index in [4.69, 9.17) is 23.2 Å². The van der Waals surface area contributed by atoms with E-state index < -0.39 is 0 Å². The van der Waals surface area contributed by atoms with Gasteiger partial charge in [-0.15, -0.1) is 16.8 Å². The molecule has 0 aliphatic rings. The van der Waals surface area contributed by atoms with E-state index in [0.717, 1.165) is 16.5 Å². The topological polar surface area (TPSA) is 30.7 Å². The third-order valence-electron chi connectivity index (χ3n) is 2.98. The Morgan fingerprint density at radius 2 is 1.95 bits per heavy atom. The molecule has 0 unspecified atom stereocenters. The molecule has 0 radical (unpaired) electrons. The maximum Gasteiger partial charge on any atom is 0.191 e. The van der Waals surface area contributed by atoms with E-state index in [1.54, 1.807) is 11.8 Å². The largest absolute Gasteiger partial charge is 0.302 e. The minimum atomic E-state index is 0.315. The standard InChI is InChI=1S/C15H17Cl2N3S/c1-4-8-20-14(10(2)3)18-19-15(20)21-9-11-12(16)6-5-7-13(11)17/h4-7,10H,1,8-9H2,2-3H3. The Balaban J connectivity index is 2.22. The van der Waals surface area contributed by atoms with Crippen molar-refractivity contribution in [3.8, 4) is 0 Å². The molecule has 0 fully saturated rings. The molecule has 1 heterocycles. The van der Waals surface area contributed by atoms with E-state index in [1.165, 1.54) is 0 Å². The van der Waals surface area contributed by atoms with E-state index in [1.807, 2.05) is 24.3 Å². The normalized spacial score (nSPS) is 11.1. The molecule has 1 aromatic heterocycles. The van der Waals surface area contributed by atoms with Gasteiger partial charge in [0.2, 0.25) is 0 Å². The van der Waals surface area contributed by atoms with Gasteiger partial charge in [0.05, 0.1) is 0 Å². The number of thioether (sulfide) groups is 1. The molecule has 3 nitrogen and oxygen atoms in total. The number of hydrogen-bond donors (Lipinski definition) is 0. The first kappa shape index (κ1) is 16.4. The predicted molar refractivity (Wildman–Crippen MR) is 90.3 cm³/mol. The number of halogens is 2. The van der Waals surface area contributed by atoms with Crippen LogP contribution < -0.4 is 0 Å². The summed E-state index contributed by atoms with van der Waals surface area (Å²) >= 11 is 14.0. The molecule has 2 rings (SSSR count). The lowest BCUT2D eigenvalue weighted by Crippen LogP contribution is -2.05. The molecule has 0 atom stereocenters. The van der Waals surface area contributed by atoms with Gasteiger partial charge in [0, 0.05) is 28.3 Å². The Bertz CT molecular complexity index is 618. The number of rotatable bonds is 6. The summed E-state index contributed by atoms with van der Waals surface area (Å²) in [5.74, 6) is 1.93. The lowest BCUT2D eigenvalue weighted by molar-refractivity contribution is 0.641. The van der Waals surface area contributed by atoms with Gasteiger partial charge in [-0.1, -0.05) is 61.0 Å². The van der Waals surface area contributed by atoms with Crippen LogP contribution >= 0.6 is 35.0 Å². The second-order valence-electron chi connectivity index (χ2n) is 4.88.